The molecule has 1 amide bonds. The maximum absolute atomic E-state index is 10.7. The molecule has 0 spiro atoms. The molecule has 2 saturated heterocycles. The quantitative estimate of drug-likeness (QED) is 0.678. The van der Waals surface area contributed by atoms with E-state index >= 15 is 0 Å². The van der Waals surface area contributed by atoms with Gasteiger partial charge in [-0.05, 0) is 25.8 Å². The van der Waals surface area contributed by atoms with Crippen LogP contribution in [0.4, 0.5) is 0 Å². The van der Waals surface area contributed by atoms with Crippen molar-refractivity contribution in [3.05, 3.63) is 0 Å². The van der Waals surface area contributed by atoms with Gasteiger partial charge in [-0.2, -0.15) is 0 Å². The fourth-order valence-electron chi connectivity index (χ4n) is 2.98. The topological polar surface area (TPSA) is 44.4 Å². The molecule has 0 aromatic heterocycles. The van der Waals surface area contributed by atoms with E-state index in [0.717, 1.165) is 19.1 Å². The van der Waals surface area contributed by atoms with E-state index < -0.39 is 0 Å². The smallest absolute Gasteiger partial charge is 0.216 e. The molecule has 4 heteroatoms. The van der Waals surface area contributed by atoms with Gasteiger partial charge >= 0.3 is 0 Å². The lowest BCUT2D eigenvalue weighted by Crippen LogP contribution is -2.46. The molecule has 0 bridgehead atoms. The van der Waals surface area contributed by atoms with Crippen molar-refractivity contribution in [1.29, 1.82) is 0 Å². The van der Waals surface area contributed by atoms with Crippen LogP contribution in [0.3, 0.4) is 0 Å². The molecule has 0 saturated carbocycles. The number of fused-ring (bicyclic) bond motifs is 1. The van der Waals surface area contributed by atoms with Gasteiger partial charge in [0.15, 0.2) is 0 Å². The Morgan fingerprint density at radius 1 is 1.25 bits per heavy atom. The van der Waals surface area contributed by atoms with Crippen LogP contribution in [0.1, 0.15) is 32.6 Å². The van der Waals surface area contributed by atoms with E-state index in [0.29, 0.717) is 6.04 Å². The first-order chi connectivity index (χ1) is 7.77. The first-order valence-corrected chi connectivity index (χ1v) is 6.49. The SMILES string of the molecule is CC(=O)NCCNC1CCN2CCCCC12. The minimum Gasteiger partial charge on any atom is -0.355 e. The molecule has 92 valence electrons. The highest BCUT2D eigenvalue weighted by molar-refractivity contribution is 5.72. The van der Waals surface area contributed by atoms with Crippen LogP contribution in [0.5, 0.6) is 0 Å². The zero-order valence-electron chi connectivity index (χ0n) is 10.2. The van der Waals surface area contributed by atoms with E-state index in [1.54, 1.807) is 6.92 Å². The second-order valence-electron chi connectivity index (χ2n) is 4.93. The maximum atomic E-state index is 10.7. The van der Waals surface area contributed by atoms with Crippen LogP contribution in [0.2, 0.25) is 0 Å². The molecule has 0 radical (unpaired) electrons. The average molecular weight is 225 g/mol. The predicted octanol–water partition coefficient (Wildman–Crippen LogP) is 0.339. The first-order valence-electron chi connectivity index (χ1n) is 6.49. The van der Waals surface area contributed by atoms with Crippen molar-refractivity contribution in [2.45, 2.75) is 44.7 Å². The lowest BCUT2D eigenvalue weighted by atomic mass is 9.99. The van der Waals surface area contributed by atoms with Crippen LogP contribution in [-0.2, 0) is 4.79 Å². The minimum atomic E-state index is 0.0625. The summed E-state index contributed by atoms with van der Waals surface area (Å²) in [5.41, 5.74) is 0. The molecule has 4 nitrogen and oxygen atoms in total. The molecule has 0 aromatic rings. The van der Waals surface area contributed by atoms with Gasteiger partial charge in [0.25, 0.3) is 0 Å². The number of carbonyl (C=O) groups excluding carboxylic acids is 1. The molecule has 2 fully saturated rings. The van der Waals surface area contributed by atoms with E-state index in [4.69, 9.17) is 0 Å². The van der Waals surface area contributed by atoms with Crippen molar-refractivity contribution in [1.82, 2.24) is 15.5 Å². The van der Waals surface area contributed by atoms with Gasteiger partial charge in [-0.25, -0.2) is 0 Å². The van der Waals surface area contributed by atoms with Crippen LogP contribution in [0.15, 0.2) is 0 Å². The Morgan fingerprint density at radius 2 is 2.12 bits per heavy atom. The average Bonchev–Trinajstić information content (AvgIpc) is 2.68. The van der Waals surface area contributed by atoms with Gasteiger partial charge in [-0.1, -0.05) is 6.42 Å². The van der Waals surface area contributed by atoms with Crippen LogP contribution >= 0.6 is 0 Å². The number of hydrogen-bond donors (Lipinski definition) is 2. The molecule has 0 aromatic carbocycles. The summed E-state index contributed by atoms with van der Waals surface area (Å²) in [5.74, 6) is 0.0625. The number of hydrogen-bond acceptors (Lipinski definition) is 3. The number of nitrogens with one attached hydrogen (secondary N) is 2. The summed E-state index contributed by atoms with van der Waals surface area (Å²) in [5, 5.41) is 6.41. The van der Waals surface area contributed by atoms with Crippen LogP contribution < -0.4 is 10.6 Å². The molecule has 2 unspecified atom stereocenters. The monoisotopic (exact) mass is 225 g/mol. The van der Waals surface area contributed by atoms with Crippen LogP contribution in [0.25, 0.3) is 0 Å². The van der Waals surface area contributed by atoms with Gasteiger partial charge in [0.05, 0.1) is 0 Å². The number of amides is 1. The summed E-state index contributed by atoms with van der Waals surface area (Å²) in [6, 6.07) is 1.40. The second kappa shape index (κ2) is 5.64. The number of nitrogens with zero attached hydrogens (tertiary/aromatic N) is 1. The molecule has 2 atom stereocenters. The van der Waals surface area contributed by atoms with Gasteiger partial charge in [-0.3, -0.25) is 9.69 Å². The summed E-state index contributed by atoms with van der Waals surface area (Å²) < 4.78 is 0. The molecule has 0 aliphatic carbocycles. The fourth-order valence-corrected chi connectivity index (χ4v) is 2.98. The lowest BCUT2D eigenvalue weighted by molar-refractivity contribution is -0.118. The first kappa shape index (κ1) is 11.9. The molecular formula is C12H23N3O. The Kier molecular flexibility index (Phi) is 4.18. The molecule has 2 aliphatic heterocycles. The van der Waals surface area contributed by atoms with E-state index in [9.17, 15) is 4.79 Å². The maximum Gasteiger partial charge on any atom is 0.216 e. The molecule has 16 heavy (non-hydrogen) atoms. The standard InChI is InChI=1S/C12H23N3O/c1-10(16)13-6-7-14-11-5-9-15-8-3-2-4-12(11)15/h11-12,14H,2-9H2,1H3,(H,13,16). The molecular weight excluding hydrogens is 202 g/mol. The summed E-state index contributed by atoms with van der Waals surface area (Å²) in [4.78, 5) is 13.3. The van der Waals surface area contributed by atoms with Gasteiger partial charge in [0.1, 0.15) is 0 Å². The minimum absolute atomic E-state index is 0.0625. The largest absolute Gasteiger partial charge is 0.355 e. The van der Waals surface area contributed by atoms with Gasteiger partial charge in [0, 0.05) is 38.6 Å². The van der Waals surface area contributed by atoms with Crippen molar-refractivity contribution < 1.29 is 4.79 Å². The summed E-state index contributed by atoms with van der Waals surface area (Å²) in [6.45, 7) is 5.75. The van der Waals surface area contributed by atoms with Gasteiger partial charge in [-0.15, -0.1) is 0 Å². The second-order valence-corrected chi connectivity index (χ2v) is 4.93. The molecule has 2 rings (SSSR count). The van der Waals surface area contributed by atoms with Gasteiger partial charge < -0.3 is 10.6 Å². The van der Waals surface area contributed by atoms with Crippen LogP contribution in [0, 0.1) is 0 Å². The number of carbonyl (C=O) groups is 1. The Labute approximate surface area is 97.8 Å². The Morgan fingerprint density at radius 3 is 2.94 bits per heavy atom. The summed E-state index contributed by atoms with van der Waals surface area (Å²) in [7, 11) is 0. The highest BCUT2D eigenvalue weighted by atomic mass is 16.1. The highest BCUT2D eigenvalue weighted by Gasteiger charge is 2.34. The Bertz CT molecular complexity index is 244. The van der Waals surface area contributed by atoms with Crippen molar-refractivity contribution in [3.63, 3.8) is 0 Å². The van der Waals surface area contributed by atoms with Crippen molar-refractivity contribution in [2.75, 3.05) is 26.2 Å². The molecule has 2 aliphatic rings. The molecule has 2 N–H and O–H groups in total. The normalized spacial score (nSPS) is 30.1. The third-order valence-electron chi connectivity index (χ3n) is 3.76. The molecule has 2 heterocycles. The zero-order valence-corrected chi connectivity index (χ0v) is 10.2. The number of rotatable bonds is 4. The fraction of sp³-hybridized carbons (Fsp3) is 0.917. The van der Waals surface area contributed by atoms with Crippen LogP contribution in [-0.4, -0.2) is 49.1 Å². The zero-order chi connectivity index (χ0) is 11.4. The Balaban J connectivity index is 1.67. The summed E-state index contributed by atoms with van der Waals surface area (Å²) in [6.07, 6.45) is 5.36. The van der Waals surface area contributed by atoms with Crippen molar-refractivity contribution >= 4 is 5.91 Å². The van der Waals surface area contributed by atoms with E-state index in [1.165, 1.54) is 38.8 Å². The van der Waals surface area contributed by atoms with E-state index in [1.807, 2.05) is 0 Å². The lowest BCUT2D eigenvalue weighted by Gasteiger charge is -2.32. The predicted molar refractivity (Wildman–Crippen MR) is 64.3 cm³/mol. The summed E-state index contributed by atoms with van der Waals surface area (Å²) >= 11 is 0. The third-order valence-corrected chi connectivity index (χ3v) is 3.76. The number of piperidine rings is 1. The van der Waals surface area contributed by atoms with Gasteiger partial charge in [0.2, 0.25) is 5.91 Å². The van der Waals surface area contributed by atoms with E-state index in [2.05, 4.69) is 15.5 Å². The van der Waals surface area contributed by atoms with E-state index in [-0.39, 0.29) is 5.91 Å². The Hall–Kier alpha value is -0.610. The highest BCUT2D eigenvalue weighted by Crippen LogP contribution is 2.26. The third kappa shape index (κ3) is 2.95. The van der Waals surface area contributed by atoms with Crippen molar-refractivity contribution in [2.24, 2.45) is 0 Å². The van der Waals surface area contributed by atoms with Crippen molar-refractivity contribution in [3.8, 4) is 0 Å².